The van der Waals surface area contributed by atoms with E-state index in [9.17, 15) is 10.2 Å². The molecule has 0 aliphatic carbocycles. The maximum Gasteiger partial charge on any atom is 0.114 e. The minimum absolute atomic E-state index is 0.261. The summed E-state index contributed by atoms with van der Waals surface area (Å²) >= 11 is 0. The summed E-state index contributed by atoms with van der Waals surface area (Å²) in [6.45, 7) is -0.950. The molecular weight excluding hydrogens is 192 g/mol. The van der Waals surface area contributed by atoms with Gasteiger partial charge in [0.15, 0.2) is 0 Å². The summed E-state index contributed by atoms with van der Waals surface area (Å²) in [5.41, 5.74) is 0. The highest BCUT2D eigenvalue weighted by atomic mass is 16.5. The summed E-state index contributed by atoms with van der Waals surface area (Å²) in [6.07, 6.45) is -5.53. The number of rotatable bonds is 7. The molecule has 0 aliphatic heterocycles. The first-order chi connectivity index (χ1) is 7.58. The van der Waals surface area contributed by atoms with Crippen LogP contribution in [0.15, 0.2) is 0 Å². The molecule has 0 amide bonds. The van der Waals surface area contributed by atoms with Gasteiger partial charge in [-0.3, -0.25) is 0 Å². The summed E-state index contributed by atoms with van der Waals surface area (Å²) in [5, 5.41) is 36.8. The van der Waals surface area contributed by atoms with Crippen LogP contribution in [0.4, 0.5) is 0 Å². The number of methoxy groups -OCH3 is 2. The van der Waals surface area contributed by atoms with Crippen LogP contribution in [0.2, 0.25) is 0 Å². The second-order valence-electron chi connectivity index (χ2n) is 2.81. The quantitative estimate of drug-likeness (QED) is 0.379. The minimum Gasteiger partial charge on any atom is -0.394 e. The van der Waals surface area contributed by atoms with Crippen LogP contribution in [0, 0.1) is 0 Å². The van der Waals surface area contributed by atoms with Crippen LogP contribution in [-0.4, -0.2) is 72.2 Å². The van der Waals surface area contributed by atoms with Crippen molar-refractivity contribution in [3.8, 4) is 0 Å². The normalized spacial score (nSPS) is 22.0. The minimum atomic E-state index is -1.53. The van der Waals surface area contributed by atoms with Crippen LogP contribution in [0.5, 0.6) is 0 Å². The van der Waals surface area contributed by atoms with E-state index in [-0.39, 0.29) is 13.7 Å². The second kappa shape index (κ2) is 7.10. The van der Waals surface area contributed by atoms with Gasteiger partial charge < -0.3 is 29.9 Å². The van der Waals surface area contributed by atoms with E-state index < -0.39 is 38.1 Å². The van der Waals surface area contributed by atoms with Crippen LogP contribution in [0.25, 0.3) is 0 Å². The Kier molecular flexibility index (Phi) is 5.22. The molecule has 0 bridgehead atoms. The van der Waals surface area contributed by atoms with Crippen molar-refractivity contribution in [2.75, 3.05) is 27.4 Å². The number of aliphatic hydroxyl groups is 4. The molecule has 6 nitrogen and oxygen atoms in total. The van der Waals surface area contributed by atoms with Crippen LogP contribution in [-0.2, 0) is 9.47 Å². The lowest BCUT2D eigenvalue weighted by atomic mass is 10.0. The van der Waals surface area contributed by atoms with Crippen molar-refractivity contribution in [1.82, 2.24) is 0 Å². The molecule has 0 fully saturated rings. The molecule has 0 aromatic carbocycles. The molecule has 0 aromatic rings. The second-order valence-corrected chi connectivity index (χ2v) is 2.81. The van der Waals surface area contributed by atoms with E-state index >= 15 is 0 Å². The Balaban J connectivity index is 4.33. The van der Waals surface area contributed by atoms with E-state index in [2.05, 4.69) is 4.74 Å². The molecular formula is C8H18O6. The predicted octanol–water partition coefficient (Wildman–Crippen LogP) is -2.28. The van der Waals surface area contributed by atoms with E-state index in [1.54, 1.807) is 0 Å². The van der Waals surface area contributed by atoms with E-state index in [4.69, 9.17) is 17.7 Å². The number of hydrogen-bond donors (Lipinski definition) is 4. The topological polar surface area (TPSA) is 99.4 Å². The molecule has 0 aliphatic rings. The summed E-state index contributed by atoms with van der Waals surface area (Å²) < 4.78 is 22.9. The molecule has 0 saturated carbocycles. The highest BCUT2D eigenvalue weighted by molar-refractivity contribution is 4.81. The molecule has 0 unspecified atom stereocenters. The average Bonchev–Trinajstić information content (AvgIpc) is 2.30. The standard InChI is InChI=1S/C8H18O6/c1-13-4-6(11)8(14-2)7(12)5(10)3-9/h5-12H,3-4H2,1-2H3/t5-,6+,7+,8+/m0/s1/i1D,2D. The molecule has 4 atom stereocenters. The lowest BCUT2D eigenvalue weighted by molar-refractivity contribution is -0.139. The molecule has 0 heterocycles. The first-order valence-corrected chi connectivity index (χ1v) is 4.01. The lowest BCUT2D eigenvalue weighted by Gasteiger charge is -2.28. The maximum absolute atomic E-state index is 9.52. The van der Waals surface area contributed by atoms with Gasteiger partial charge in [0.2, 0.25) is 0 Å². The molecule has 0 radical (unpaired) electrons. The average molecular weight is 212 g/mol. The third-order valence-electron chi connectivity index (χ3n) is 1.78. The fourth-order valence-electron chi connectivity index (χ4n) is 0.980. The van der Waals surface area contributed by atoms with Gasteiger partial charge in [0.05, 0.1) is 16.0 Å². The first-order valence-electron chi connectivity index (χ1n) is 5.42. The van der Waals surface area contributed by atoms with Crippen molar-refractivity contribution < 1.29 is 32.6 Å². The summed E-state index contributed by atoms with van der Waals surface area (Å²) in [7, 11) is -0.874. The van der Waals surface area contributed by atoms with Crippen molar-refractivity contribution in [2.45, 2.75) is 24.4 Å². The van der Waals surface area contributed by atoms with Gasteiger partial charge in [0, 0.05) is 14.2 Å². The van der Waals surface area contributed by atoms with E-state index in [0.29, 0.717) is 0 Å². The predicted molar refractivity (Wildman–Crippen MR) is 47.8 cm³/mol. The van der Waals surface area contributed by atoms with Gasteiger partial charge in [-0.15, -0.1) is 0 Å². The lowest BCUT2D eigenvalue weighted by Crippen LogP contribution is -2.48. The maximum atomic E-state index is 9.52. The number of ether oxygens (including phenoxy) is 2. The molecule has 6 heteroatoms. The largest absolute Gasteiger partial charge is 0.394 e. The Bertz CT molecular complexity index is 173. The summed E-state index contributed by atoms with van der Waals surface area (Å²) in [5.74, 6) is 0. The summed E-state index contributed by atoms with van der Waals surface area (Å²) in [4.78, 5) is 0. The number of aliphatic hydroxyl groups excluding tert-OH is 4. The Morgan fingerprint density at radius 2 is 1.93 bits per heavy atom. The van der Waals surface area contributed by atoms with Gasteiger partial charge in [-0.05, 0) is 0 Å². The Morgan fingerprint density at radius 3 is 2.43 bits per heavy atom. The van der Waals surface area contributed by atoms with Crippen molar-refractivity contribution in [3.05, 3.63) is 0 Å². The Hall–Kier alpha value is -0.240. The van der Waals surface area contributed by atoms with Crippen LogP contribution in [0.1, 0.15) is 2.74 Å². The highest BCUT2D eigenvalue weighted by Crippen LogP contribution is 2.08. The zero-order valence-electron chi connectivity index (χ0n) is 9.74. The van der Waals surface area contributed by atoms with Gasteiger partial charge in [-0.2, -0.15) is 0 Å². The van der Waals surface area contributed by atoms with Crippen LogP contribution < -0.4 is 0 Å². The molecule has 0 rings (SSSR count). The van der Waals surface area contributed by atoms with Gasteiger partial charge >= 0.3 is 0 Å². The monoisotopic (exact) mass is 212 g/mol. The molecule has 14 heavy (non-hydrogen) atoms. The first kappa shape index (κ1) is 10.3. The third kappa shape index (κ3) is 3.87. The molecule has 86 valence electrons. The summed E-state index contributed by atoms with van der Waals surface area (Å²) in [6, 6.07) is 0. The molecule has 4 N–H and O–H groups in total. The fourth-order valence-corrected chi connectivity index (χ4v) is 0.980. The molecule has 0 aromatic heterocycles. The van der Waals surface area contributed by atoms with Gasteiger partial charge in [0.1, 0.15) is 24.4 Å². The van der Waals surface area contributed by atoms with E-state index in [1.807, 2.05) is 0 Å². The smallest absolute Gasteiger partial charge is 0.114 e. The van der Waals surface area contributed by atoms with Crippen molar-refractivity contribution in [2.24, 2.45) is 0 Å². The van der Waals surface area contributed by atoms with Crippen molar-refractivity contribution in [1.29, 1.82) is 0 Å². The van der Waals surface area contributed by atoms with E-state index in [1.165, 1.54) is 0 Å². The van der Waals surface area contributed by atoms with Gasteiger partial charge in [-0.1, -0.05) is 0 Å². The van der Waals surface area contributed by atoms with Gasteiger partial charge in [0.25, 0.3) is 0 Å². The van der Waals surface area contributed by atoms with Gasteiger partial charge in [-0.25, -0.2) is 0 Å². The highest BCUT2D eigenvalue weighted by Gasteiger charge is 2.31. The van der Waals surface area contributed by atoms with Crippen LogP contribution >= 0.6 is 0 Å². The van der Waals surface area contributed by atoms with Crippen molar-refractivity contribution in [3.63, 3.8) is 0 Å². The SMILES string of the molecule is [2H]COC[C@@H](O)[C@@H](OC[2H])[C@H](O)[C@@H](O)CO. The zero-order chi connectivity index (χ0) is 12.6. The third-order valence-corrected chi connectivity index (χ3v) is 1.78. The van der Waals surface area contributed by atoms with E-state index in [0.717, 1.165) is 0 Å². The zero-order valence-corrected chi connectivity index (χ0v) is 7.74. The Labute approximate surface area is 85.5 Å². The fraction of sp³-hybridized carbons (Fsp3) is 1.00. The van der Waals surface area contributed by atoms with Crippen molar-refractivity contribution >= 4 is 0 Å². The molecule has 0 saturated heterocycles. The van der Waals surface area contributed by atoms with Crippen LogP contribution in [0.3, 0.4) is 0 Å². The number of hydrogen-bond acceptors (Lipinski definition) is 6. The molecule has 0 spiro atoms. The Morgan fingerprint density at radius 1 is 1.21 bits per heavy atom.